The molecule has 0 fully saturated rings. The number of allylic oxidation sites excluding steroid dienone is 3. The minimum Gasteiger partial charge on any atom is -0.481 e. The highest BCUT2D eigenvalue weighted by atomic mass is 16.5. The zero-order valence-electron chi connectivity index (χ0n) is 12.8. The van der Waals surface area contributed by atoms with Crippen LogP contribution >= 0.6 is 0 Å². The van der Waals surface area contributed by atoms with Gasteiger partial charge in [0, 0.05) is 13.5 Å². The molecule has 0 unspecified atom stereocenters. The zero-order chi connectivity index (χ0) is 15.8. The number of rotatable bonds is 11. The Bertz CT molecular complexity index is 311. The summed E-state index contributed by atoms with van der Waals surface area (Å²) >= 11 is 0. The lowest BCUT2D eigenvalue weighted by Crippen LogP contribution is -2.13. The molecule has 0 saturated carbocycles. The van der Waals surface area contributed by atoms with Crippen LogP contribution in [0.25, 0.3) is 0 Å². The Hall–Kier alpha value is -1.21. The van der Waals surface area contributed by atoms with Gasteiger partial charge in [-0.1, -0.05) is 18.2 Å². The van der Waals surface area contributed by atoms with Crippen LogP contribution in [0.2, 0.25) is 0 Å². The number of aliphatic carboxylic acids is 1. The van der Waals surface area contributed by atoms with Gasteiger partial charge in [0.2, 0.25) is 0 Å². The van der Waals surface area contributed by atoms with Crippen LogP contribution in [-0.2, 0) is 19.0 Å². The third-order valence-corrected chi connectivity index (χ3v) is 2.39. The van der Waals surface area contributed by atoms with Crippen LogP contribution < -0.4 is 5.73 Å². The van der Waals surface area contributed by atoms with Crippen molar-refractivity contribution in [3.63, 3.8) is 0 Å². The molecule has 0 atom stereocenters. The minimum atomic E-state index is -0.833. The third-order valence-electron chi connectivity index (χ3n) is 2.39. The van der Waals surface area contributed by atoms with Crippen molar-refractivity contribution in [2.45, 2.75) is 19.8 Å². The summed E-state index contributed by atoms with van der Waals surface area (Å²) in [5.74, 6) is -0.833. The zero-order valence-corrected chi connectivity index (χ0v) is 12.8. The van der Waals surface area contributed by atoms with Crippen LogP contribution in [0.3, 0.4) is 0 Å². The molecule has 0 aromatic rings. The summed E-state index contributed by atoms with van der Waals surface area (Å²) in [5.41, 5.74) is 6.66. The maximum Gasteiger partial charge on any atom is 0.300 e. The van der Waals surface area contributed by atoms with Gasteiger partial charge in [0.15, 0.2) is 0 Å². The van der Waals surface area contributed by atoms with Gasteiger partial charge < -0.3 is 25.1 Å². The molecule has 0 aromatic carbocycles. The van der Waals surface area contributed by atoms with Gasteiger partial charge in [-0.3, -0.25) is 4.79 Å². The summed E-state index contributed by atoms with van der Waals surface area (Å²) < 4.78 is 16.0. The molecule has 0 saturated heterocycles. The van der Waals surface area contributed by atoms with E-state index >= 15 is 0 Å². The molecule has 0 spiro atoms. The molecule has 0 aliphatic heterocycles. The highest BCUT2D eigenvalue weighted by Gasteiger charge is 1.97. The first-order valence-corrected chi connectivity index (χ1v) is 7.15. The normalized spacial score (nSPS) is 12.8. The minimum absolute atomic E-state index is 0.563. The Labute approximate surface area is 126 Å². The third kappa shape index (κ3) is 16.7. The Morgan fingerprint density at radius 2 is 1.67 bits per heavy atom. The van der Waals surface area contributed by atoms with Crippen molar-refractivity contribution < 1.29 is 24.1 Å². The second-order valence-electron chi connectivity index (χ2n) is 4.31. The van der Waals surface area contributed by atoms with E-state index in [1.165, 1.54) is 5.57 Å². The van der Waals surface area contributed by atoms with Crippen molar-refractivity contribution in [2.24, 2.45) is 5.73 Å². The van der Waals surface area contributed by atoms with Gasteiger partial charge in [-0.15, -0.1) is 0 Å². The van der Waals surface area contributed by atoms with E-state index in [0.717, 1.165) is 26.4 Å². The first kappa shape index (κ1) is 19.8. The van der Waals surface area contributed by atoms with Crippen molar-refractivity contribution in [3.05, 3.63) is 23.8 Å². The molecular formula is C15H27NO5. The molecule has 1 aliphatic carbocycles. The molecule has 0 bridgehead atoms. The lowest BCUT2D eigenvalue weighted by Gasteiger charge is -2.06. The average Bonchev–Trinajstić information content (AvgIpc) is 2.93. The van der Waals surface area contributed by atoms with E-state index in [0.29, 0.717) is 39.6 Å². The van der Waals surface area contributed by atoms with Crippen LogP contribution in [0.5, 0.6) is 0 Å². The highest BCUT2D eigenvalue weighted by molar-refractivity contribution is 5.62. The summed E-state index contributed by atoms with van der Waals surface area (Å²) in [5, 5.41) is 7.42. The summed E-state index contributed by atoms with van der Waals surface area (Å²) in [7, 11) is 0. The van der Waals surface area contributed by atoms with Crippen molar-refractivity contribution in [2.75, 3.05) is 46.2 Å². The van der Waals surface area contributed by atoms with E-state index in [9.17, 15) is 0 Å². The number of nitrogens with two attached hydrogens (primary N) is 1. The predicted molar refractivity (Wildman–Crippen MR) is 81.3 cm³/mol. The molecule has 1 aliphatic rings. The number of carboxylic acids is 1. The van der Waals surface area contributed by atoms with Crippen molar-refractivity contribution >= 4 is 5.97 Å². The van der Waals surface area contributed by atoms with E-state index in [4.69, 9.17) is 29.8 Å². The second-order valence-corrected chi connectivity index (χ2v) is 4.31. The van der Waals surface area contributed by atoms with Crippen LogP contribution in [-0.4, -0.2) is 57.3 Å². The summed E-state index contributed by atoms with van der Waals surface area (Å²) in [6.07, 6.45) is 8.63. The number of ether oxygens (including phenoxy) is 3. The standard InChI is InChI=1S/C13H23NO3.C2H4O2/c14-6-8-16-10-12-17-11-9-15-7-5-13-3-1-2-4-13;1-2(3)4/h1,3-4H,2,5-12,14H2;1H3,(H,3,4). The summed E-state index contributed by atoms with van der Waals surface area (Å²) in [6.45, 7) is 5.50. The number of carboxylic acid groups (broad SMARTS) is 1. The van der Waals surface area contributed by atoms with Crippen molar-refractivity contribution in [3.8, 4) is 0 Å². The molecule has 0 radical (unpaired) electrons. The number of hydrogen-bond donors (Lipinski definition) is 2. The molecule has 1 rings (SSSR count). The number of hydrogen-bond acceptors (Lipinski definition) is 5. The first-order valence-electron chi connectivity index (χ1n) is 7.15. The summed E-state index contributed by atoms with van der Waals surface area (Å²) in [4.78, 5) is 9.00. The fourth-order valence-corrected chi connectivity index (χ4v) is 1.51. The Morgan fingerprint density at radius 1 is 1.14 bits per heavy atom. The predicted octanol–water partition coefficient (Wildman–Crippen LogP) is 1.36. The lowest BCUT2D eigenvalue weighted by atomic mass is 10.2. The Kier molecular flexibility index (Phi) is 14.3. The van der Waals surface area contributed by atoms with Crippen LogP contribution in [0.15, 0.2) is 23.8 Å². The topological polar surface area (TPSA) is 91.0 Å². The van der Waals surface area contributed by atoms with Crippen LogP contribution in [0, 0.1) is 0 Å². The monoisotopic (exact) mass is 301 g/mol. The fraction of sp³-hybridized carbons (Fsp3) is 0.667. The molecule has 122 valence electrons. The smallest absolute Gasteiger partial charge is 0.300 e. The maximum absolute atomic E-state index is 9.00. The lowest BCUT2D eigenvalue weighted by molar-refractivity contribution is -0.134. The van der Waals surface area contributed by atoms with Gasteiger partial charge in [-0.2, -0.15) is 0 Å². The van der Waals surface area contributed by atoms with E-state index in [-0.39, 0.29) is 0 Å². The van der Waals surface area contributed by atoms with Crippen LogP contribution in [0.4, 0.5) is 0 Å². The molecule has 0 amide bonds. The van der Waals surface area contributed by atoms with E-state index in [1.54, 1.807) is 0 Å². The maximum atomic E-state index is 9.00. The quantitative estimate of drug-likeness (QED) is 0.560. The SMILES string of the molecule is CC(=O)O.NCCOCCOCCOCCC1=CCC=C1. The highest BCUT2D eigenvalue weighted by Crippen LogP contribution is 2.12. The Balaban J connectivity index is 0.000000885. The molecular weight excluding hydrogens is 274 g/mol. The van der Waals surface area contributed by atoms with Gasteiger partial charge in [0.25, 0.3) is 5.97 Å². The largest absolute Gasteiger partial charge is 0.481 e. The second kappa shape index (κ2) is 15.2. The molecule has 0 heterocycles. The van der Waals surface area contributed by atoms with E-state index in [2.05, 4.69) is 18.2 Å². The summed E-state index contributed by atoms with van der Waals surface area (Å²) in [6, 6.07) is 0. The molecule has 6 heteroatoms. The van der Waals surface area contributed by atoms with Crippen molar-refractivity contribution in [1.29, 1.82) is 0 Å². The van der Waals surface area contributed by atoms with Gasteiger partial charge in [-0.05, 0) is 18.4 Å². The van der Waals surface area contributed by atoms with E-state index in [1.807, 2.05) is 0 Å². The fourth-order valence-electron chi connectivity index (χ4n) is 1.51. The molecule has 3 N–H and O–H groups in total. The number of carbonyl (C=O) groups is 1. The molecule has 21 heavy (non-hydrogen) atoms. The Morgan fingerprint density at radius 3 is 2.14 bits per heavy atom. The molecule has 6 nitrogen and oxygen atoms in total. The van der Waals surface area contributed by atoms with Gasteiger partial charge in [0.05, 0.1) is 39.6 Å². The van der Waals surface area contributed by atoms with Gasteiger partial charge >= 0.3 is 0 Å². The van der Waals surface area contributed by atoms with Gasteiger partial charge in [0.1, 0.15) is 0 Å². The molecule has 0 aromatic heterocycles. The van der Waals surface area contributed by atoms with Gasteiger partial charge in [-0.25, -0.2) is 0 Å². The average molecular weight is 301 g/mol. The van der Waals surface area contributed by atoms with Crippen LogP contribution in [0.1, 0.15) is 19.8 Å². The first-order chi connectivity index (χ1) is 10.2. The van der Waals surface area contributed by atoms with Crippen molar-refractivity contribution in [1.82, 2.24) is 0 Å². The van der Waals surface area contributed by atoms with E-state index < -0.39 is 5.97 Å².